The third-order valence-electron chi connectivity index (χ3n) is 4.55. The molecule has 1 heterocycles. The summed E-state index contributed by atoms with van der Waals surface area (Å²) in [5.74, 6) is -0.562. The van der Waals surface area contributed by atoms with Crippen LogP contribution in [0.4, 0.5) is 0 Å². The Hall–Kier alpha value is -2.13. The number of nitrogens with zero attached hydrogens (tertiary/aromatic N) is 1. The van der Waals surface area contributed by atoms with Crippen molar-refractivity contribution in [2.45, 2.75) is 44.0 Å². The molecule has 27 heavy (non-hydrogen) atoms. The van der Waals surface area contributed by atoms with Crippen LogP contribution >= 0.6 is 0 Å². The second-order valence-electron chi connectivity index (χ2n) is 6.62. The van der Waals surface area contributed by atoms with Crippen molar-refractivity contribution >= 4 is 21.9 Å². The fraction of sp³-hybridized carbons (Fsp3) is 0.556. The molecule has 2 N–H and O–H groups in total. The molecular weight excluding hydrogens is 372 g/mol. The lowest BCUT2D eigenvalue weighted by Crippen LogP contribution is -2.50. The number of carboxylic acids is 1. The van der Waals surface area contributed by atoms with Crippen molar-refractivity contribution in [2.24, 2.45) is 5.92 Å². The highest BCUT2D eigenvalue weighted by Crippen LogP contribution is 2.23. The van der Waals surface area contributed by atoms with Gasteiger partial charge in [-0.2, -0.15) is 0 Å². The van der Waals surface area contributed by atoms with Gasteiger partial charge in [-0.05, 0) is 49.9 Å². The fourth-order valence-electron chi connectivity index (χ4n) is 3.08. The summed E-state index contributed by atoms with van der Waals surface area (Å²) in [5, 5.41) is 9.32. The van der Waals surface area contributed by atoms with Crippen molar-refractivity contribution in [3.63, 3.8) is 0 Å². The smallest absolute Gasteiger partial charge is 0.326 e. The Kier molecular flexibility index (Phi) is 7.20. The van der Waals surface area contributed by atoms with Gasteiger partial charge >= 0.3 is 5.97 Å². The maximum Gasteiger partial charge on any atom is 0.326 e. The van der Waals surface area contributed by atoms with E-state index in [0.717, 1.165) is 6.42 Å². The zero-order valence-corrected chi connectivity index (χ0v) is 16.4. The Morgan fingerprint density at radius 1 is 1.30 bits per heavy atom. The first-order chi connectivity index (χ1) is 12.7. The first-order valence-electron chi connectivity index (χ1n) is 8.99. The van der Waals surface area contributed by atoms with Crippen LogP contribution < -0.4 is 9.46 Å². The standard InChI is InChI=1S/C18H26N2O6S/c1-3-26-14-4-6-15(7-5-14)27(24,25)19-10-8-17(21)20-11-9-13(2)12-16(20)18(22)23/h4-7,13,16,19H,3,8-12H2,1-2H3,(H,22,23). The molecule has 0 bridgehead atoms. The molecule has 1 aromatic carbocycles. The number of sulfonamides is 1. The lowest BCUT2D eigenvalue weighted by molar-refractivity contribution is -0.153. The molecule has 2 atom stereocenters. The Labute approximate surface area is 159 Å². The highest BCUT2D eigenvalue weighted by molar-refractivity contribution is 7.89. The molecule has 150 valence electrons. The van der Waals surface area contributed by atoms with Gasteiger partial charge < -0.3 is 14.7 Å². The second-order valence-corrected chi connectivity index (χ2v) is 8.39. The van der Waals surface area contributed by atoms with Gasteiger partial charge in [0.25, 0.3) is 0 Å². The first kappa shape index (κ1) is 21.2. The largest absolute Gasteiger partial charge is 0.494 e. The van der Waals surface area contributed by atoms with E-state index in [1.54, 1.807) is 12.1 Å². The molecule has 0 radical (unpaired) electrons. The molecule has 0 aromatic heterocycles. The van der Waals surface area contributed by atoms with Crippen molar-refractivity contribution in [2.75, 3.05) is 19.7 Å². The van der Waals surface area contributed by atoms with E-state index in [9.17, 15) is 23.1 Å². The Morgan fingerprint density at radius 2 is 1.96 bits per heavy atom. The van der Waals surface area contributed by atoms with Crippen LogP contribution in [0.25, 0.3) is 0 Å². The number of carbonyl (C=O) groups excluding carboxylic acids is 1. The molecule has 2 unspecified atom stereocenters. The Morgan fingerprint density at radius 3 is 2.56 bits per heavy atom. The van der Waals surface area contributed by atoms with Crippen molar-refractivity contribution in [3.8, 4) is 5.75 Å². The third kappa shape index (κ3) is 5.67. The lowest BCUT2D eigenvalue weighted by atomic mass is 9.92. The predicted molar refractivity (Wildman–Crippen MR) is 99.0 cm³/mol. The highest BCUT2D eigenvalue weighted by Gasteiger charge is 2.34. The number of hydrogen-bond donors (Lipinski definition) is 2. The normalized spacial score (nSPS) is 20.3. The molecule has 2 rings (SSSR count). The molecule has 8 nitrogen and oxygen atoms in total. The number of nitrogens with one attached hydrogen (secondary N) is 1. The van der Waals surface area contributed by atoms with Gasteiger partial charge in [0.15, 0.2) is 0 Å². The Balaban J connectivity index is 1.92. The fourth-order valence-corrected chi connectivity index (χ4v) is 4.11. The van der Waals surface area contributed by atoms with Crippen LogP contribution in [0.5, 0.6) is 5.75 Å². The molecular formula is C18H26N2O6S. The van der Waals surface area contributed by atoms with Crippen LogP contribution in [-0.2, 0) is 19.6 Å². The minimum atomic E-state index is -3.75. The third-order valence-corrected chi connectivity index (χ3v) is 6.02. The summed E-state index contributed by atoms with van der Waals surface area (Å²) in [6.45, 7) is 4.57. The quantitative estimate of drug-likeness (QED) is 0.686. The van der Waals surface area contributed by atoms with Gasteiger partial charge in [-0.25, -0.2) is 17.9 Å². The minimum Gasteiger partial charge on any atom is -0.494 e. The summed E-state index contributed by atoms with van der Waals surface area (Å²) in [6, 6.07) is 5.15. The summed E-state index contributed by atoms with van der Waals surface area (Å²) in [5.41, 5.74) is 0. The number of amides is 1. The molecule has 1 aliphatic rings. The number of hydrogen-bond acceptors (Lipinski definition) is 5. The Bertz CT molecular complexity index is 763. The van der Waals surface area contributed by atoms with Crippen molar-refractivity contribution in [1.82, 2.24) is 9.62 Å². The molecule has 0 saturated carbocycles. The molecule has 0 spiro atoms. The van der Waals surface area contributed by atoms with Gasteiger partial charge in [0.1, 0.15) is 11.8 Å². The molecule has 1 fully saturated rings. The number of ether oxygens (including phenoxy) is 1. The van der Waals surface area contributed by atoms with E-state index in [2.05, 4.69) is 4.72 Å². The number of carbonyl (C=O) groups is 2. The van der Waals surface area contributed by atoms with Gasteiger partial charge in [0.2, 0.25) is 15.9 Å². The molecule has 1 amide bonds. The summed E-state index contributed by atoms with van der Waals surface area (Å²) in [4.78, 5) is 25.2. The average Bonchev–Trinajstić information content (AvgIpc) is 2.62. The number of piperidine rings is 1. The van der Waals surface area contributed by atoms with E-state index < -0.39 is 22.0 Å². The molecule has 1 aliphatic heterocycles. The van der Waals surface area contributed by atoms with Gasteiger partial charge in [-0.1, -0.05) is 6.92 Å². The van der Waals surface area contributed by atoms with Crippen molar-refractivity contribution in [3.05, 3.63) is 24.3 Å². The number of aliphatic carboxylic acids is 1. The van der Waals surface area contributed by atoms with Crippen LogP contribution in [0.1, 0.15) is 33.1 Å². The van der Waals surface area contributed by atoms with Gasteiger partial charge in [0.05, 0.1) is 11.5 Å². The van der Waals surface area contributed by atoms with Crippen LogP contribution in [0.3, 0.4) is 0 Å². The van der Waals surface area contributed by atoms with Gasteiger partial charge in [-0.15, -0.1) is 0 Å². The second kappa shape index (κ2) is 9.18. The topological polar surface area (TPSA) is 113 Å². The molecule has 9 heteroatoms. The van der Waals surface area contributed by atoms with Crippen LogP contribution in [0.15, 0.2) is 29.2 Å². The monoisotopic (exact) mass is 398 g/mol. The van der Waals surface area contributed by atoms with Crippen LogP contribution in [0.2, 0.25) is 0 Å². The molecule has 1 aromatic rings. The van der Waals surface area contributed by atoms with E-state index in [1.807, 2.05) is 13.8 Å². The first-order valence-corrected chi connectivity index (χ1v) is 10.5. The van der Waals surface area contributed by atoms with E-state index >= 15 is 0 Å². The SMILES string of the molecule is CCOc1ccc(S(=O)(=O)NCCC(=O)N2CCC(C)CC2C(=O)O)cc1. The lowest BCUT2D eigenvalue weighted by Gasteiger charge is -2.36. The van der Waals surface area contributed by atoms with Gasteiger partial charge in [-0.3, -0.25) is 4.79 Å². The zero-order chi connectivity index (χ0) is 20.0. The van der Waals surface area contributed by atoms with E-state index in [0.29, 0.717) is 25.3 Å². The summed E-state index contributed by atoms with van der Waals surface area (Å²) in [7, 11) is -3.75. The van der Waals surface area contributed by atoms with Gasteiger partial charge in [0, 0.05) is 19.5 Å². The number of carboxylic acid groups (broad SMARTS) is 1. The maximum atomic E-state index is 12.4. The van der Waals surface area contributed by atoms with Crippen molar-refractivity contribution in [1.29, 1.82) is 0 Å². The maximum absolute atomic E-state index is 12.4. The van der Waals surface area contributed by atoms with Crippen molar-refractivity contribution < 1.29 is 27.9 Å². The van der Waals surface area contributed by atoms with E-state index in [-0.39, 0.29) is 29.7 Å². The highest BCUT2D eigenvalue weighted by atomic mass is 32.2. The number of benzene rings is 1. The van der Waals surface area contributed by atoms with E-state index in [4.69, 9.17) is 4.74 Å². The number of rotatable bonds is 8. The molecule has 1 saturated heterocycles. The van der Waals surface area contributed by atoms with Crippen LogP contribution in [-0.4, -0.2) is 56.0 Å². The van der Waals surface area contributed by atoms with Crippen LogP contribution in [0, 0.1) is 5.92 Å². The minimum absolute atomic E-state index is 0.0774. The summed E-state index contributed by atoms with van der Waals surface area (Å²) in [6.07, 6.45) is 1.07. The van der Waals surface area contributed by atoms with E-state index in [1.165, 1.54) is 17.0 Å². The molecule has 0 aliphatic carbocycles. The summed E-state index contributed by atoms with van der Waals surface area (Å²) < 4.78 is 32.3. The predicted octanol–water partition coefficient (Wildman–Crippen LogP) is 1.47. The zero-order valence-electron chi connectivity index (χ0n) is 15.6. The average molecular weight is 398 g/mol. The number of likely N-dealkylation sites (tertiary alicyclic amines) is 1. The summed E-state index contributed by atoms with van der Waals surface area (Å²) >= 11 is 0.